The van der Waals surface area contributed by atoms with E-state index < -0.39 is 0 Å². The second-order valence-corrected chi connectivity index (χ2v) is 7.01. The van der Waals surface area contributed by atoms with Gasteiger partial charge in [0.1, 0.15) is 5.82 Å². The van der Waals surface area contributed by atoms with Crippen LogP contribution in [0.4, 0.5) is 4.39 Å². The highest BCUT2D eigenvalue weighted by molar-refractivity contribution is 7.21. The number of rotatable bonds is 5. The first-order valence-corrected chi connectivity index (χ1v) is 8.67. The van der Waals surface area contributed by atoms with E-state index >= 15 is 0 Å². The monoisotopic (exact) mass is 372 g/mol. The number of amides is 1. The summed E-state index contributed by atoms with van der Waals surface area (Å²) in [4.78, 5) is 13.3. The van der Waals surface area contributed by atoms with Gasteiger partial charge in [-0.1, -0.05) is 12.5 Å². The van der Waals surface area contributed by atoms with E-state index in [-0.39, 0.29) is 36.8 Å². The summed E-state index contributed by atoms with van der Waals surface area (Å²) in [5.74, 6) is -0.135. The van der Waals surface area contributed by atoms with Crippen LogP contribution in [-0.4, -0.2) is 25.6 Å². The zero-order chi connectivity index (χ0) is 16.4. The van der Waals surface area contributed by atoms with Crippen molar-refractivity contribution in [2.45, 2.75) is 31.9 Å². The number of halogens is 2. The number of methoxy groups -OCH3 is 1. The van der Waals surface area contributed by atoms with E-state index in [1.807, 2.05) is 6.07 Å². The topological polar surface area (TPSA) is 64.3 Å². The van der Waals surface area contributed by atoms with Crippen LogP contribution in [0, 0.1) is 11.7 Å². The predicted octanol–water partition coefficient (Wildman–Crippen LogP) is 3.47. The highest BCUT2D eigenvalue weighted by atomic mass is 35.5. The van der Waals surface area contributed by atoms with Crippen molar-refractivity contribution in [2.24, 2.45) is 11.7 Å². The normalized spacial score (nSPS) is 20.1. The Hall–Kier alpha value is -1.21. The Morgan fingerprint density at radius 3 is 2.96 bits per heavy atom. The largest absolute Gasteiger partial charge is 0.380 e. The summed E-state index contributed by atoms with van der Waals surface area (Å²) < 4.78 is 20.1. The Bertz CT molecular complexity index is 722. The lowest BCUT2D eigenvalue weighted by molar-refractivity contribution is 0.0928. The van der Waals surface area contributed by atoms with Gasteiger partial charge in [0.2, 0.25) is 0 Å². The standard InChI is InChI=1S/C17H21FN2O2S.ClH/c1-22-9-11-15-12(18)5-3-7-14(15)23-16(11)17(21)20-13-6-2-4-10(13)8-19;/h3,5,7,10,13H,2,4,6,8-9,19H2,1H3,(H,20,21);1H. The van der Waals surface area contributed by atoms with E-state index in [0.29, 0.717) is 28.3 Å². The molecule has 0 radical (unpaired) electrons. The van der Waals surface area contributed by atoms with Crippen molar-refractivity contribution in [2.75, 3.05) is 13.7 Å². The van der Waals surface area contributed by atoms with Gasteiger partial charge in [0.15, 0.2) is 0 Å². The molecule has 7 heteroatoms. The van der Waals surface area contributed by atoms with Crippen LogP contribution in [0.15, 0.2) is 18.2 Å². The molecule has 1 aromatic heterocycles. The molecule has 1 saturated carbocycles. The molecular formula is C17H22ClFN2O2S. The molecular weight excluding hydrogens is 351 g/mol. The lowest BCUT2D eigenvalue weighted by atomic mass is 10.0. The minimum Gasteiger partial charge on any atom is -0.380 e. The summed E-state index contributed by atoms with van der Waals surface area (Å²) in [6.07, 6.45) is 3.08. The molecule has 1 aliphatic carbocycles. The van der Waals surface area contributed by atoms with Crippen molar-refractivity contribution in [1.29, 1.82) is 0 Å². The SMILES string of the molecule is COCc1c(C(=O)NC2CCCC2CN)sc2cccc(F)c12.Cl. The van der Waals surface area contributed by atoms with Crippen LogP contribution < -0.4 is 11.1 Å². The average molecular weight is 373 g/mol. The van der Waals surface area contributed by atoms with Gasteiger partial charge in [-0.25, -0.2) is 4.39 Å². The number of nitrogens with two attached hydrogens (primary N) is 1. The number of benzene rings is 1. The molecule has 2 unspecified atom stereocenters. The van der Waals surface area contributed by atoms with Crippen molar-refractivity contribution in [3.05, 3.63) is 34.5 Å². The third kappa shape index (κ3) is 3.57. The minimum atomic E-state index is -0.314. The Kier molecular flexibility index (Phi) is 6.57. The predicted molar refractivity (Wildman–Crippen MR) is 97.4 cm³/mol. The number of fused-ring (bicyclic) bond motifs is 1. The Labute approximate surface area is 151 Å². The van der Waals surface area contributed by atoms with Gasteiger partial charge in [0.25, 0.3) is 5.91 Å². The highest BCUT2D eigenvalue weighted by Crippen LogP contribution is 2.34. The van der Waals surface area contributed by atoms with Crippen LogP contribution in [0.25, 0.3) is 10.1 Å². The van der Waals surface area contributed by atoms with E-state index in [2.05, 4.69) is 5.32 Å². The maximum Gasteiger partial charge on any atom is 0.261 e. The Morgan fingerprint density at radius 2 is 2.25 bits per heavy atom. The number of carbonyl (C=O) groups is 1. The molecule has 3 N–H and O–H groups in total. The first kappa shape index (κ1) is 19.1. The van der Waals surface area contributed by atoms with E-state index in [1.54, 1.807) is 13.2 Å². The molecule has 1 fully saturated rings. The van der Waals surface area contributed by atoms with Crippen molar-refractivity contribution >= 4 is 39.7 Å². The zero-order valence-corrected chi connectivity index (χ0v) is 15.1. The van der Waals surface area contributed by atoms with Gasteiger partial charge < -0.3 is 15.8 Å². The molecule has 4 nitrogen and oxygen atoms in total. The number of carbonyl (C=O) groups excluding carboxylic acids is 1. The van der Waals surface area contributed by atoms with E-state index in [4.69, 9.17) is 10.5 Å². The summed E-state index contributed by atoms with van der Waals surface area (Å²) in [5.41, 5.74) is 6.41. The van der Waals surface area contributed by atoms with E-state index in [1.165, 1.54) is 17.4 Å². The summed E-state index contributed by atoms with van der Waals surface area (Å²) in [6, 6.07) is 5.01. The summed E-state index contributed by atoms with van der Waals surface area (Å²) in [6.45, 7) is 0.797. The molecule has 0 spiro atoms. The molecule has 132 valence electrons. The van der Waals surface area contributed by atoms with Crippen LogP contribution in [-0.2, 0) is 11.3 Å². The molecule has 0 saturated heterocycles. The smallest absolute Gasteiger partial charge is 0.261 e. The van der Waals surface area contributed by atoms with Crippen molar-refractivity contribution in [1.82, 2.24) is 5.32 Å². The lowest BCUT2D eigenvalue weighted by Crippen LogP contribution is -2.39. The molecule has 1 aromatic carbocycles. The number of thiophene rings is 1. The number of hydrogen-bond donors (Lipinski definition) is 2. The fourth-order valence-electron chi connectivity index (χ4n) is 3.38. The van der Waals surface area contributed by atoms with Crippen molar-refractivity contribution in [3.8, 4) is 0 Å². The molecule has 2 atom stereocenters. The van der Waals surface area contributed by atoms with Crippen molar-refractivity contribution in [3.63, 3.8) is 0 Å². The first-order valence-electron chi connectivity index (χ1n) is 7.85. The minimum absolute atomic E-state index is 0. The van der Waals surface area contributed by atoms with Gasteiger partial charge in [0.05, 0.1) is 11.5 Å². The maximum absolute atomic E-state index is 14.2. The molecule has 1 amide bonds. The van der Waals surface area contributed by atoms with Gasteiger partial charge in [-0.15, -0.1) is 23.7 Å². The highest BCUT2D eigenvalue weighted by Gasteiger charge is 2.29. The van der Waals surface area contributed by atoms with Gasteiger partial charge >= 0.3 is 0 Å². The van der Waals surface area contributed by atoms with E-state index in [9.17, 15) is 9.18 Å². The summed E-state index contributed by atoms with van der Waals surface area (Å²) in [5, 5.41) is 3.58. The molecule has 24 heavy (non-hydrogen) atoms. The van der Waals surface area contributed by atoms with Gasteiger partial charge in [-0.05, 0) is 37.4 Å². The summed E-state index contributed by atoms with van der Waals surface area (Å²) >= 11 is 1.32. The molecule has 1 aliphatic rings. The van der Waals surface area contributed by atoms with Crippen LogP contribution in [0.1, 0.15) is 34.5 Å². The Morgan fingerprint density at radius 1 is 1.46 bits per heavy atom. The van der Waals surface area contributed by atoms with Gasteiger partial charge in [-0.2, -0.15) is 0 Å². The van der Waals surface area contributed by atoms with Crippen molar-refractivity contribution < 1.29 is 13.9 Å². The number of nitrogens with one attached hydrogen (secondary N) is 1. The summed E-state index contributed by atoms with van der Waals surface area (Å²) in [7, 11) is 1.55. The second kappa shape index (κ2) is 8.25. The third-order valence-corrected chi connectivity index (χ3v) is 5.73. The van der Waals surface area contributed by atoms with Crippen LogP contribution in [0.3, 0.4) is 0 Å². The molecule has 0 aliphatic heterocycles. The molecule has 2 aromatic rings. The fourth-order valence-corrected chi connectivity index (χ4v) is 4.50. The number of ether oxygens (including phenoxy) is 1. The van der Waals surface area contributed by atoms with Crippen LogP contribution >= 0.6 is 23.7 Å². The molecule has 0 bridgehead atoms. The fraction of sp³-hybridized carbons (Fsp3) is 0.471. The maximum atomic E-state index is 14.2. The average Bonchev–Trinajstić information content (AvgIpc) is 3.13. The third-order valence-electron chi connectivity index (χ3n) is 4.54. The van der Waals surface area contributed by atoms with Crippen LogP contribution in [0.5, 0.6) is 0 Å². The zero-order valence-electron chi connectivity index (χ0n) is 13.5. The first-order chi connectivity index (χ1) is 11.2. The van der Waals surface area contributed by atoms with E-state index in [0.717, 1.165) is 24.0 Å². The van der Waals surface area contributed by atoms with Gasteiger partial charge in [-0.3, -0.25) is 4.79 Å². The molecule has 1 heterocycles. The quantitative estimate of drug-likeness (QED) is 0.844. The molecule has 3 rings (SSSR count). The number of hydrogen-bond acceptors (Lipinski definition) is 4. The lowest BCUT2D eigenvalue weighted by Gasteiger charge is -2.19. The van der Waals surface area contributed by atoms with Gasteiger partial charge in [0, 0.05) is 28.8 Å². The second-order valence-electron chi connectivity index (χ2n) is 5.96. The van der Waals surface area contributed by atoms with Crippen LogP contribution in [0.2, 0.25) is 0 Å². The Balaban J connectivity index is 0.00000208.